The van der Waals surface area contributed by atoms with E-state index in [-0.39, 0.29) is 45.2 Å². The number of aromatic nitrogens is 2. The molecular formula is C34H40N4O9S. The maximum atomic E-state index is 13.5. The highest BCUT2D eigenvalue weighted by Crippen LogP contribution is 2.28. The molecule has 256 valence electrons. The van der Waals surface area contributed by atoms with Gasteiger partial charge in [0.15, 0.2) is 6.10 Å². The fourth-order valence-electron chi connectivity index (χ4n) is 5.10. The summed E-state index contributed by atoms with van der Waals surface area (Å²) in [5.74, 6) is -0.175. The van der Waals surface area contributed by atoms with Crippen LogP contribution in [-0.2, 0) is 14.6 Å². The zero-order chi connectivity index (χ0) is 34.7. The van der Waals surface area contributed by atoms with E-state index in [1.807, 2.05) is 0 Å². The van der Waals surface area contributed by atoms with Crippen LogP contribution in [0.5, 0.6) is 17.4 Å². The summed E-state index contributed by atoms with van der Waals surface area (Å²) in [6, 6.07) is 16.0. The van der Waals surface area contributed by atoms with Crippen molar-refractivity contribution in [1.82, 2.24) is 9.78 Å². The van der Waals surface area contributed by atoms with E-state index in [4.69, 9.17) is 9.47 Å². The van der Waals surface area contributed by atoms with Gasteiger partial charge >= 0.3 is 0 Å². The zero-order valence-electron chi connectivity index (χ0n) is 26.9. The third-order valence-electron chi connectivity index (χ3n) is 7.60. The number of nitrogens with one attached hydrogen (secondary N) is 2. The first-order valence-electron chi connectivity index (χ1n) is 15.9. The lowest BCUT2D eigenvalue weighted by molar-refractivity contribution is -0.384. The summed E-state index contributed by atoms with van der Waals surface area (Å²) in [5.41, 5.74) is -0.881. The lowest BCUT2D eigenvalue weighted by Gasteiger charge is -2.19. The smallest absolute Gasteiger partial charge is 0.297 e. The fourth-order valence-corrected chi connectivity index (χ4v) is 6.36. The highest BCUT2D eigenvalue weighted by Gasteiger charge is 2.24. The number of carbonyl (C=O) groups excluding carboxylic acids is 1. The van der Waals surface area contributed by atoms with Crippen molar-refractivity contribution >= 4 is 27.1 Å². The van der Waals surface area contributed by atoms with Gasteiger partial charge in [0.05, 0.1) is 27.4 Å². The van der Waals surface area contributed by atoms with Crippen LogP contribution in [0.15, 0.2) is 87.4 Å². The largest absolute Gasteiger partial charge is 0.508 e. The van der Waals surface area contributed by atoms with Crippen LogP contribution in [0.4, 0.5) is 11.4 Å². The van der Waals surface area contributed by atoms with Gasteiger partial charge in [0.25, 0.3) is 17.2 Å². The van der Waals surface area contributed by atoms with Crippen molar-refractivity contribution in [3.63, 3.8) is 0 Å². The molecule has 0 fully saturated rings. The van der Waals surface area contributed by atoms with Crippen LogP contribution >= 0.6 is 0 Å². The molecule has 0 radical (unpaired) electrons. The third kappa shape index (κ3) is 9.25. The van der Waals surface area contributed by atoms with E-state index in [0.717, 1.165) is 42.9 Å². The first-order chi connectivity index (χ1) is 23.0. The molecule has 3 aromatic carbocycles. The van der Waals surface area contributed by atoms with Crippen LogP contribution in [0.3, 0.4) is 0 Å². The van der Waals surface area contributed by atoms with Crippen molar-refractivity contribution in [2.24, 2.45) is 0 Å². The van der Waals surface area contributed by atoms with E-state index < -0.39 is 38.0 Å². The van der Waals surface area contributed by atoms with E-state index in [1.54, 1.807) is 6.92 Å². The van der Waals surface area contributed by atoms with Gasteiger partial charge in [-0.2, -0.15) is 0 Å². The number of anilines is 1. The zero-order valence-corrected chi connectivity index (χ0v) is 27.7. The van der Waals surface area contributed by atoms with Gasteiger partial charge in [0.2, 0.25) is 15.7 Å². The summed E-state index contributed by atoms with van der Waals surface area (Å²) in [6.07, 6.45) is 6.49. The number of hydrogen-bond donors (Lipinski definition) is 3. The SMILES string of the molecule is CCCCCCCCCC(Oc1ccc(S(=O)(=O)c2ccc(O)cc2)cc1)C(=O)Nc1ccc(-n2[nH]c(OCC)cc2=O)c([N+](=O)[O-])c1. The number of rotatable bonds is 18. The number of aromatic amines is 1. The van der Waals surface area contributed by atoms with Crippen LogP contribution in [0.25, 0.3) is 5.69 Å². The average Bonchev–Trinajstić information content (AvgIpc) is 3.43. The van der Waals surface area contributed by atoms with Crippen LogP contribution < -0.4 is 20.3 Å². The molecule has 1 heterocycles. The first kappa shape index (κ1) is 35.7. The number of amides is 1. The Morgan fingerprint density at radius 1 is 0.938 bits per heavy atom. The van der Waals surface area contributed by atoms with Crippen molar-refractivity contribution in [2.75, 3.05) is 11.9 Å². The summed E-state index contributed by atoms with van der Waals surface area (Å²) in [7, 11) is -3.86. The molecule has 1 atom stereocenters. The van der Waals surface area contributed by atoms with Crippen molar-refractivity contribution in [3.8, 4) is 23.1 Å². The van der Waals surface area contributed by atoms with Gasteiger partial charge in [-0.1, -0.05) is 45.4 Å². The molecule has 1 unspecified atom stereocenters. The van der Waals surface area contributed by atoms with E-state index in [2.05, 4.69) is 17.3 Å². The summed E-state index contributed by atoms with van der Waals surface area (Å²) in [5, 5.41) is 26.9. The predicted octanol–water partition coefficient (Wildman–Crippen LogP) is 6.54. The van der Waals surface area contributed by atoms with E-state index in [0.29, 0.717) is 12.8 Å². The third-order valence-corrected chi connectivity index (χ3v) is 9.38. The molecule has 1 amide bonds. The molecule has 48 heavy (non-hydrogen) atoms. The molecule has 0 spiro atoms. The maximum Gasteiger partial charge on any atom is 0.297 e. The normalized spacial score (nSPS) is 12.0. The number of ether oxygens (including phenoxy) is 2. The van der Waals surface area contributed by atoms with E-state index in [1.165, 1.54) is 73.2 Å². The Bertz CT molecular complexity index is 1850. The molecular weight excluding hydrogens is 640 g/mol. The summed E-state index contributed by atoms with van der Waals surface area (Å²) >= 11 is 0. The number of carbonyl (C=O) groups is 1. The average molecular weight is 681 g/mol. The van der Waals surface area contributed by atoms with Gasteiger partial charge in [-0.05, 0) is 80.4 Å². The minimum Gasteiger partial charge on any atom is -0.508 e. The number of unbranched alkanes of at least 4 members (excludes halogenated alkanes) is 6. The molecule has 0 saturated heterocycles. The van der Waals surface area contributed by atoms with E-state index >= 15 is 0 Å². The highest BCUT2D eigenvalue weighted by atomic mass is 32.2. The second-order valence-corrected chi connectivity index (χ2v) is 13.1. The van der Waals surface area contributed by atoms with E-state index in [9.17, 15) is 33.2 Å². The summed E-state index contributed by atoms with van der Waals surface area (Å²) in [6.45, 7) is 4.17. The van der Waals surface area contributed by atoms with Gasteiger partial charge in [-0.25, -0.2) is 13.1 Å². The molecule has 4 rings (SSSR count). The number of hydrogen-bond acceptors (Lipinski definition) is 9. The Kier molecular flexibility index (Phi) is 12.4. The number of phenols is 1. The number of sulfone groups is 1. The number of H-pyrrole nitrogens is 1. The lowest BCUT2D eigenvalue weighted by Crippen LogP contribution is -2.33. The summed E-state index contributed by atoms with van der Waals surface area (Å²) in [4.78, 5) is 37.3. The van der Waals surface area contributed by atoms with Crippen molar-refractivity contribution < 1.29 is 32.7 Å². The number of aromatic hydroxyl groups is 1. The molecule has 0 bridgehead atoms. The predicted molar refractivity (Wildman–Crippen MR) is 180 cm³/mol. The van der Waals surface area contributed by atoms with Crippen LogP contribution in [-0.4, -0.2) is 46.8 Å². The molecule has 0 saturated carbocycles. The van der Waals surface area contributed by atoms with Gasteiger partial charge in [-0.15, -0.1) is 0 Å². The number of nitro groups is 1. The molecule has 3 N–H and O–H groups in total. The van der Waals surface area contributed by atoms with Crippen LogP contribution in [0, 0.1) is 10.1 Å². The number of benzene rings is 3. The lowest BCUT2D eigenvalue weighted by atomic mass is 10.1. The van der Waals surface area contributed by atoms with Crippen LogP contribution in [0.1, 0.15) is 65.2 Å². The Morgan fingerprint density at radius 2 is 1.56 bits per heavy atom. The maximum absolute atomic E-state index is 13.5. The molecule has 4 aromatic rings. The minimum atomic E-state index is -3.86. The minimum absolute atomic E-state index is 0.00979. The molecule has 1 aromatic heterocycles. The summed E-state index contributed by atoms with van der Waals surface area (Å²) < 4.78 is 38.4. The van der Waals surface area contributed by atoms with Gasteiger partial charge < -0.3 is 19.9 Å². The van der Waals surface area contributed by atoms with Gasteiger partial charge in [-0.3, -0.25) is 24.8 Å². The van der Waals surface area contributed by atoms with Crippen molar-refractivity contribution in [3.05, 3.63) is 93.3 Å². The number of nitrogens with zero attached hydrogens (tertiary/aromatic N) is 2. The Morgan fingerprint density at radius 3 is 2.19 bits per heavy atom. The van der Waals surface area contributed by atoms with Gasteiger partial charge in [0.1, 0.15) is 17.2 Å². The second-order valence-electron chi connectivity index (χ2n) is 11.2. The van der Waals surface area contributed by atoms with Crippen LogP contribution in [0.2, 0.25) is 0 Å². The standard InChI is InChI=1S/C34H40N4O9S/c1-3-5-6-7-8-9-10-11-31(47-26-15-19-28(20-16-26)48(44,45)27-17-13-25(39)14-18-27)34(41)35-24-12-21-29(30(22-24)38(42)43)37-33(40)23-32(36-37)46-4-2/h12-23,31,36,39H,3-11H2,1-2H3,(H,35,41). The fraction of sp³-hybridized carbons (Fsp3) is 0.353. The number of nitro benzene ring substituents is 1. The molecule has 0 aliphatic rings. The quantitative estimate of drug-likeness (QED) is 0.0597. The Balaban J connectivity index is 1.52. The first-order valence-corrected chi connectivity index (χ1v) is 17.4. The monoisotopic (exact) mass is 680 g/mol. The molecule has 0 aliphatic carbocycles. The second kappa shape index (κ2) is 16.6. The number of phenolic OH excluding ortho intramolecular Hbond substituents is 1. The topological polar surface area (TPSA) is 183 Å². The Hall–Kier alpha value is -5.11. The van der Waals surface area contributed by atoms with Crippen molar-refractivity contribution in [2.45, 2.75) is 81.1 Å². The molecule has 14 heteroatoms. The van der Waals surface area contributed by atoms with Gasteiger partial charge in [0, 0.05) is 11.8 Å². The highest BCUT2D eigenvalue weighted by molar-refractivity contribution is 7.91. The van der Waals surface area contributed by atoms with Crippen molar-refractivity contribution in [1.29, 1.82) is 0 Å². The molecule has 13 nitrogen and oxygen atoms in total. The molecule has 0 aliphatic heterocycles. The Labute approximate surface area is 278 Å².